The fourth-order valence-corrected chi connectivity index (χ4v) is 3.21. The summed E-state index contributed by atoms with van der Waals surface area (Å²) < 4.78 is 0. The molecule has 1 heterocycles. The Hall–Kier alpha value is -1.79. The van der Waals surface area contributed by atoms with Crippen LogP contribution in [0, 0.1) is 0 Å². The molecule has 3 N–H and O–H groups in total. The molecule has 1 aromatic heterocycles. The van der Waals surface area contributed by atoms with E-state index >= 15 is 0 Å². The number of thiophene rings is 1. The summed E-state index contributed by atoms with van der Waals surface area (Å²) in [5.41, 5.74) is 5.87. The minimum absolute atomic E-state index is 0.0319. The van der Waals surface area contributed by atoms with Crippen LogP contribution in [0.2, 0.25) is 0 Å². The molecule has 110 valence electrons. The van der Waals surface area contributed by atoms with Gasteiger partial charge in [-0.3, -0.25) is 9.59 Å². The molecule has 0 aliphatic heterocycles. The summed E-state index contributed by atoms with van der Waals surface area (Å²) in [6.07, 6.45) is 1.18. The number of carbonyl (C=O) groups is 2. The predicted octanol–water partition coefficient (Wildman–Crippen LogP) is 2.90. The maximum absolute atomic E-state index is 12.0. The molecule has 0 saturated carbocycles. The molecule has 2 amide bonds. The highest BCUT2D eigenvalue weighted by molar-refractivity contribution is 8.00. The van der Waals surface area contributed by atoms with E-state index in [1.807, 2.05) is 41.8 Å². The fraction of sp³-hybridized carbons (Fsp3) is 0.200. The smallest absolute Gasteiger partial charge is 0.227 e. The van der Waals surface area contributed by atoms with Gasteiger partial charge in [0.05, 0.1) is 11.4 Å². The van der Waals surface area contributed by atoms with Crippen LogP contribution in [-0.4, -0.2) is 17.6 Å². The number of primary amides is 1. The summed E-state index contributed by atoms with van der Waals surface area (Å²) in [7, 11) is 0. The summed E-state index contributed by atoms with van der Waals surface area (Å²) in [5.74, 6) is -0.212. The van der Waals surface area contributed by atoms with Crippen molar-refractivity contribution in [2.75, 3.05) is 11.1 Å². The largest absolute Gasteiger partial charge is 0.369 e. The Kier molecular flexibility index (Phi) is 5.83. The third-order valence-electron chi connectivity index (χ3n) is 2.71. The Morgan fingerprint density at radius 1 is 1.19 bits per heavy atom. The van der Waals surface area contributed by atoms with E-state index in [1.165, 1.54) is 16.6 Å². The topological polar surface area (TPSA) is 72.2 Å². The molecule has 0 saturated heterocycles. The number of anilines is 1. The average Bonchev–Trinajstić information content (AvgIpc) is 2.97. The molecule has 2 aromatic rings. The Bertz CT molecular complexity index is 612. The number of hydrogen-bond acceptors (Lipinski definition) is 4. The van der Waals surface area contributed by atoms with Gasteiger partial charge in [-0.05, 0) is 30.0 Å². The van der Waals surface area contributed by atoms with Gasteiger partial charge in [-0.25, -0.2) is 0 Å². The fourth-order valence-electron chi connectivity index (χ4n) is 1.75. The number of amides is 2. The van der Waals surface area contributed by atoms with E-state index in [0.29, 0.717) is 6.42 Å². The van der Waals surface area contributed by atoms with E-state index in [-0.39, 0.29) is 17.6 Å². The lowest BCUT2D eigenvalue weighted by Gasteiger charge is -2.09. The van der Waals surface area contributed by atoms with Gasteiger partial charge in [0.1, 0.15) is 0 Å². The highest BCUT2D eigenvalue weighted by Gasteiger charge is 2.08. The van der Waals surface area contributed by atoms with Crippen LogP contribution in [0.1, 0.15) is 11.3 Å². The molecule has 0 unspecified atom stereocenters. The van der Waals surface area contributed by atoms with Gasteiger partial charge >= 0.3 is 0 Å². The van der Waals surface area contributed by atoms with E-state index in [0.717, 1.165) is 17.0 Å². The highest BCUT2D eigenvalue weighted by atomic mass is 32.2. The molecule has 6 heteroatoms. The van der Waals surface area contributed by atoms with Crippen molar-refractivity contribution >= 4 is 40.6 Å². The van der Waals surface area contributed by atoms with Crippen LogP contribution >= 0.6 is 23.1 Å². The number of nitrogens with one attached hydrogen (secondary N) is 1. The summed E-state index contributed by atoms with van der Waals surface area (Å²) >= 11 is 2.98. The Balaban J connectivity index is 1.92. The molecule has 4 nitrogen and oxygen atoms in total. The molecule has 0 spiro atoms. The van der Waals surface area contributed by atoms with Crippen molar-refractivity contribution in [2.45, 2.75) is 17.7 Å². The SMILES string of the molecule is NC(=O)CSc1ccccc1NC(=O)CCc1cccs1. The molecule has 0 radical (unpaired) electrons. The Morgan fingerprint density at radius 3 is 2.71 bits per heavy atom. The molecule has 0 aliphatic carbocycles. The number of benzene rings is 1. The van der Waals surface area contributed by atoms with Crippen LogP contribution in [0.4, 0.5) is 5.69 Å². The second-order valence-corrected chi connectivity index (χ2v) is 6.43. The minimum Gasteiger partial charge on any atom is -0.369 e. The molecule has 0 aliphatic rings. The predicted molar refractivity (Wildman–Crippen MR) is 87.6 cm³/mol. The summed E-state index contributed by atoms with van der Waals surface area (Å²) in [4.78, 5) is 24.9. The Morgan fingerprint density at radius 2 is 2.00 bits per heavy atom. The van der Waals surface area contributed by atoms with Gasteiger partial charge in [0.2, 0.25) is 11.8 Å². The number of rotatable bonds is 7. The highest BCUT2D eigenvalue weighted by Crippen LogP contribution is 2.26. The van der Waals surface area contributed by atoms with Crippen molar-refractivity contribution < 1.29 is 9.59 Å². The monoisotopic (exact) mass is 320 g/mol. The first kappa shape index (κ1) is 15.6. The van der Waals surface area contributed by atoms with Gasteiger partial charge in [0.25, 0.3) is 0 Å². The molecule has 0 fully saturated rings. The van der Waals surface area contributed by atoms with Crippen LogP contribution in [0.25, 0.3) is 0 Å². The van der Waals surface area contributed by atoms with Crippen molar-refractivity contribution in [3.8, 4) is 0 Å². The lowest BCUT2D eigenvalue weighted by Crippen LogP contribution is -2.14. The average molecular weight is 320 g/mol. The summed E-state index contributed by atoms with van der Waals surface area (Å²) in [5, 5.41) is 4.89. The second kappa shape index (κ2) is 7.85. The molecule has 1 aromatic carbocycles. The summed E-state index contributed by atoms with van der Waals surface area (Å²) in [6, 6.07) is 11.4. The zero-order chi connectivity index (χ0) is 15.1. The van der Waals surface area contributed by atoms with E-state index in [9.17, 15) is 9.59 Å². The normalized spacial score (nSPS) is 10.3. The molecular weight excluding hydrogens is 304 g/mol. The first-order valence-electron chi connectivity index (χ1n) is 6.47. The number of hydrogen-bond donors (Lipinski definition) is 2. The third kappa shape index (κ3) is 5.24. The van der Waals surface area contributed by atoms with Crippen LogP contribution in [0.3, 0.4) is 0 Å². The maximum atomic E-state index is 12.0. The van der Waals surface area contributed by atoms with Crippen LogP contribution in [0.5, 0.6) is 0 Å². The van der Waals surface area contributed by atoms with Crippen LogP contribution in [0.15, 0.2) is 46.7 Å². The van der Waals surface area contributed by atoms with Crippen molar-refractivity contribution in [3.05, 3.63) is 46.7 Å². The van der Waals surface area contributed by atoms with E-state index in [4.69, 9.17) is 5.73 Å². The number of nitrogens with two attached hydrogens (primary N) is 1. The number of aryl methyl sites for hydroxylation is 1. The summed E-state index contributed by atoms with van der Waals surface area (Å²) in [6.45, 7) is 0. The first-order valence-corrected chi connectivity index (χ1v) is 8.34. The van der Waals surface area contributed by atoms with Gasteiger partial charge in [0, 0.05) is 16.2 Å². The third-order valence-corrected chi connectivity index (χ3v) is 4.74. The van der Waals surface area contributed by atoms with Gasteiger partial charge < -0.3 is 11.1 Å². The van der Waals surface area contributed by atoms with Gasteiger partial charge in [-0.2, -0.15) is 0 Å². The molecule has 0 bridgehead atoms. The number of para-hydroxylation sites is 1. The second-order valence-electron chi connectivity index (χ2n) is 4.38. The number of carbonyl (C=O) groups excluding carboxylic acids is 2. The van der Waals surface area contributed by atoms with Crippen LogP contribution in [-0.2, 0) is 16.0 Å². The van der Waals surface area contributed by atoms with E-state index < -0.39 is 0 Å². The Labute approximate surface area is 131 Å². The first-order chi connectivity index (χ1) is 10.1. The quantitative estimate of drug-likeness (QED) is 0.771. The van der Waals surface area contributed by atoms with Crippen molar-refractivity contribution in [1.29, 1.82) is 0 Å². The maximum Gasteiger partial charge on any atom is 0.227 e. The van der Waals surface area contributed by atoms with E-state index in [2.05, 4.69) is 5.32 Å². The minimum atomic E-state index is -0.376. The van der Waals surface area contributed by atoms with Crippen molar-refractivity contribution in [2.24, 2.45) is 5.73 Å². The zero-order valence-corrected chi connectivity index (χ0v) is 13.0. The lowest BCUT2D eigenvalue weighted by atomic mass is 10.2. The number of thioether (sulfide) groups is 1. The van der Waals surface area contributed by atoms with Gasteiger partial charge in [-0.15, -0.1) is 23.1 Å². The van der Waals surface area contributed by atoms with Crippen molar-refractivity contribution in [1.82, 2.24) is 0 Å². The standard InChI is InChI=1S/C15H16N2O2S2/c16-14(18)10-21-13-6-2-1-5-12(13)17-15(19)8-7-11-4-3-9-20-11/h1-6,9H,7-8,10H2,(H2,16,18)(H,17,19). The zero-order valence-electron chi connectivity index (χ0n) is 11.4. The van der Waals surface area contributed by atoms with Gasteiger partial charge in [-0.1, -0.05) is 18.2 Å². The van der Waals surface area contributed by atoms with E-state index in [1.54, 1.807) is 11.3 Å². The lowest BCUT2D eigenvalue weighted by molar-refractivity contribution is -0.116. The molecule has 2 rings (SSSR count). The molecule has 0 atom stereocenters. The van der Waals surface area contributed by atoms with Crippen LogP contribution < -0.4 is 11.1 Å². The van der Waals surface area contributed by atoms with Crippen molar-refractivity contribution in [3.63, 3.8) is 0 Å². The molecular formula is C15H16N2O2S2. The van der Waals surface area contributed by atoms with Gasteiger partial charge in [0.15, 0.2) is 0 Å². The molecule has 21 heavy (non-hydrogen) atoms.